The van der Waals surface area contributed by atoms with Crippen LogP contribution in [0.15, 0.2) is 4.47 Å². The highest BCUT2D eigenvalue weighted by Gasteiger charge is 2.02. The first-order valence-electron chi connectivity index (χ1n) is 4.10. The Labute approximate surface area is 81.3 Å². The first-order chi connectivity index (χ1) is 5.57. The van der Waals surface area contributed by atoms with Crippen LogP contribution in [0.3, 0.4) is 0 Å². The Bertz CT molecular complexity index is 383. The Kier molecular flexibility index (Phi) is 2.78. The van der Waals surface area contributed by atoms with E-state index in [9.17, 15) is 0 Å². The fourth-order valence-electron chi connectivity index (χ4n) is 1.35. The predicted molar refractivity (Wildman–Crippen MR) is 57.4 cm³/mol. The number of H-pyrrole nitrogens is 1. The molecule has 1 rings (SSSR count). The molecule has 66 valence electrons. The molecule has 0 saturated heterocycles. The maximum absolute atomic E-state index is 3.96. The monoisotopic (exact) mass is 227 g/mol. The summed E-state index contributed by atoms with van der Waals surface area (Å²) in [5.41, 5.74) is 2.53. The molecule has 1 aromatic heterocycles. The average molecular weight is 228 g/mol. The molecule has 1 nitrogen and oxygen atoms in total. The molecule has 1 aromatic rings. The van der Waals surface area contributed by atoms with Gasteiger partial charge in [-0.25, -0.2) is 0 Å². The highest BCUT2D eigenvalue weighted by atomic mass is 79.9. The van der Waals surface area contributed by atoms with Crippen molar-refractivity contribution in [2.75, 3.05) is 0 Å². The van der Waals surface area contributed by atoms with Crippen molar-refractivity contribution in [2.24, 2.45) is 0 Å². The van der Waals surface area contributed by atoms with Crippen molar-refractivity contribution in [3.63, 3.8) is 0 Å². The van der Waals surface area contributed by atoms with E-state index in [0.717, 1.165) is 11.8 Å². The Morgan fingerprint density at radius 3 is 2.33 bits per heavy atom. The third-order valence-electron chi connectivity index (χ3n) is 1.94. The lowest BCUT2D eigenvalue weighted by atomic mass is 10.2. The fraction of sp³-hybridized carbons (Fsp3) is 0.400. The molecule has 0 amide bonds. The molecule has 0 radical (unpaired) electrons. The number of aryl methyl sites for hydroxylation is 1. The number of aromatic nitrogens is 1. The van der Waals surface area contributed by atoms with E-state index in [1.165, 1.54) is 21.0 Å². The summed E-state index contributed by atoms with van der Waals surface area (Å²) in [7, 11) is 0. The van der Waals surface area contributed by atoms with E-state index in [2.05, 4.69) is 48.3 Å². The van der Waals surface area contributed by atoms with Crippen LogP contribution in [0.4, 0.5) is 0 Å². The van der Waals surface area contributed by atoms with Crippen molar-refractivity contribution in [1.82, 2.24) is 4.98 Å². The molecule has 0 atom stereocenters. The topological polar surface area (TPSA) is 15.8 Å². The van der Waals surface area contributed by atoms with Gasteiger partial charge >= 0.3 is 0 Å². The van der Waals surface area contributed by atoms with Crippen LogP contribution in [-0.2, 0) is 6.42 Å². The van der Waals surface area contributed by atoms with Gasteiger partial charge in [-0.15, -0.1) is 0 Å². The maximum atomic E-state index is 3.96. The van der Waals surface area contributed by atoms with E-state index in [0.29, 0.717) is 0 Å². The van der Waals surface area contributed by atoms with Crippen LogP contribution in [0.25, 0.3) is 12.2 Å². The zero-order valence-corrected chi connectivity index (χ0v) is 9.38. The quantitative estimate of drug-likeness (QED) is 0.756. The maximum Gasteiger partial charge on any atom is 0.0460 e. The van der Waals surface area contributed by atoms with Gasteiger partial charge in [0, 0.05) is 20.7 Å². The summed E-state index contributed by atoms with van der Waals surface area (Å²) in [6.07, 6.45) is 1.01. The molecule has 0 aromatic carbocycles. The molecule has 12 heavy (non-hydrogen) atoms. The third-order valence-corrected chi connectivity index (χ3v) is 2.82. The molecule has 0 aliphatic heterocycles. The molecule has 1 N–H and O–H groups in total. The molecule has 2 heteroatoms. The molecule has 1 heterocycles. The zero-order valence-electron chi connectivity index (χ0n) is 7.79. The number of rotatable bonds is 1. The van der Waals surface area contributed by atoms with Gasteiger partial charge in [0.25, 0.3) is 0 Å². The van der Waals surface area contributed by atoms with Gasteiger partial charge in [0.2, 0.25) is 0 Å². The molecule has 0 aliphatic rings. The highest BCUT2D eigenvalue weighted by molar-refractivity contribution is 9.10. The minimum absolute atomic E-state index is 1.01. The van der Waals surface area contributed by atoms with Crippen molar-refractivity contribution < 1.29 is 0 Å². The van der Waals surface area contributed by atoms with E-state index in [1.807, 2.05) is 0 Å². The molecular formula is C10H14BrN. The lowest BCUT2D eigenvalue weighted by molar-refractivity contribution is 1.04. The Balaban J connectivity index is 3.62. The van der Waals surface area contributed by atoms with Crippen molar-refractivity contribution in [2.45, 2.75) is 27.2 Å². The van der Waals surface area contributed by atoms with Crippen LogP contribution < -0.4 is 10.6 Å². The second-order valence-electron chi connectivity index (χ2n) is 3.12. The second-order valence-corrected chi connectivity index (χ2v) is 3.92. The first-order valence-corrected chi connectivity index (χ1v) is 4.90. The Morgan fingerprint density at radius 2 is 2.08 bits per heavy atom. The van der Waals surface area contributed by atoms with Crippen LogP contribution >= 0.6 is 15.9 Å². The minimum atomic E-state index is 1.01. The van der Waals surface area contributed by atoms with E-state index in [1.54, 1.807) is 0 Å². The van der Waals surface area contributed by atoms with Crippen LogP contribution in [0.5, 0.6) is 0 Å². The van der Waals surface area contributed by atoms with Crippen LogP contribution in [0.2, 0.25) is 0 Å². The lowest BCUT2D eigenvalue weighted by Crippen LogP contribution is -2.22. The summed E-state index contributed by atoms with van der Waals surface area (Å²) in [6.45, 7) is 10.3. The van der Waals surface area contributed by atoms with E-state index >= 15 is 0 Å². The summed E-state index contributed by atoms with van der Waals surface area (Å²) >= 11 is 3.57. The molecule has 0 bridgehead atoms. The molecule has 0 spiro atoms. The van der Waals surface area contributed by atoms with Crippen molar-refractivity contribution in [3.05, 3.63) is 20.7 Å². The Morgan fingerprint density at radius 1 is 1.50 bits per heavy atom. The summed E-state index contributed by atoms with van der Waals surface area (Å²) in [5, 5.41) is 2.24. The normalized spacial score (nSPS) is 10.3. The SMILES string of the molecule is C=c1[nH]c(CC)c(Br)c1=C(C)C. The van der Waals surface area contributed by atoms with Gasteiger partial charge in [0.05, 0.1) is 0 Å². The average Bonchev–Trinajstić information content (AvgIpc) is 2.25. The molecule has 0 aliphatic carbocycles. The summed E-state index contributed by atoms with van der Waals surface area (Å²) in [6, 6.07) is 0. The number of aromatic amines is 1. The van der Waals surface area contributed by atoms with Crippen molar-refractivity contribution >= 4 is 28.1 Å². The highest BCUT2D eigenvalue weighted by Crippen LogP contribution is 2.08. The fourth-order valence-corrected chi connectivity index (χ4v) is 2.36. The van der Waals surface area contributed by atoms with Gasteiger partial charge in [0.15, 0.2) is 0 Å². The number of nitrogens with one attached hydrogen (secondary N) is 1. The summed E-state index contributed by atoms with van der Waals surface area (Å²) in [4.78, 5) is 3.27. The van der Waals surface area contributed by atoms with Gasteiger partial charge in [0.1, 0.15) is 0 Å². The first kappa shape index (κ1) is 9.59. The standard InChI is InChI=1S/C10H14BrN/c1-5-8-10(11)9(6(2)3)7(4)12-8/h12H,4-5H2,1-3H3. The number of hydrogen-bond acceptors (Lipinski definition) is 0. The summed E-state index contributed by atoms with van der Waals surface area (Å²) in [5.74, 6) is 0. The van der Waals surface area contributed by atoms with Crippen LogP contribution in [0, 0.1) is 0 Å². The number of hydrogen-bond donors (Lipinski definition) is 1. The van der Waals surface area contributed by atoms with Crippen molar-refractivity contribution in [1.29, 1.82) is 0 Å². The molecule has 0 saturated carbocycles. The summed E-state index contributed by atoms with van der Waals surface area (Å²) < 4.78 is 1.18. The van der Waals surface area contributed by atoms with E-state index in [4.69, 9.17) is 0 Å². The smallest absolute Gasteiger partial charge is 0.0460 e. The van der Waals surface area contributed by atoms with E-state index in [-0.39, 0.29) is 0 Å². The lowest BCUT2D eigenvalue weighted by Gasteiger charge is -1.90. The van der Waals surface area contributed by atoms with Gasteiger partial charge < -0.3 is 4.98 Å². The van der Waals surface area contributed by atoms with Crippen LogP contribution in [-0.4, -0.2) is 4.98 Å². The Hall–Kier alpha value is -0.500. The third kappa shape index (κ3) is 1.48. The molecular weight excluding hydrogens is 214 g/mol. The van der Waals surface area contributed by atoms with Gasteiger partial charge in [-0.2, -0.15) is 0 Å². The van der Waals surface area contributed by atoms with Gasteiger partial charge in [-0.1, -0.05) is 19.1 Å². The molecule has 0 unspecified atom stereocenters. The minimum Gasteiger partial charge on any atom is -0.358 e. The van der Waals surface area contributed by atoms with Gasteiger partial charge in [-0.3, -0.25) is 0 Å². The van der Waals surface area contributed by atoms with Gasteiger partial charge in [-0.05, 0) is 36.2 Å². The second kappa shape index (κ2) is 3.48. The van der Waals surface area contributed by atoms with Crippen LogP contribution in [0.1, 0.15) is 26.5 Å². The zero-order chi connectivity index (χ0) is 9.30. The van der Waals surface area contributed by atoms with Crippen molar-refractivity contribution in [3.8, 4) is 0 Å². The number of halogens is 1. The van der Waals surface area contributed by atoms with E-state index < -0.39 is 0 Å². The molecule has 0 fully saturated rings. The largest absolute Gasteiger partial charge is 0.358 e. The predicted octanol–water partition coefficient (Wildman–Crippen LogP) is 1.94.